The van der Waals surface area contributed by atoms with Gasteiger partial charge >= 0.3 is 6.09 Å². The predicted molar refractivity (Wildman–Crippen MR) is 114 cm³/mol. The number of hydrogen-bond donors (Lipinski definition) is 1. The number of likely N-dealkylation sites (tertiary alicyclic amines) is 1. The van der Waals surface area contributed by atoms with Gasteiger partial charge in [-0.3, -0.25) is 4.79 Å². The van der Waals surface area contributed by atoms with E-state index in [9.17, 15) is 9.59 Å². The Kier molecular flexibility index (Phi) is 6.82. The van der Waals surface area contributed by atoms with Crippen molar-refractivity contribution in [3.8, 4) is 5.75 Å². The van der Waals surface area contributed by atoms with E-state index in [-0.39, 0.29) is 24.6 Å². The number of rotatable bonds is 6. The number of hydrogen-bond acceptors (Lipinski definition) is 5. The number of ether oxygens (including phenoxy) is 2. The molecule has 0 spiro atoms. The Balaban J connectivity index is 1.54. The van der Waals surface area contributed by atoms with Crippen LogP contribution in [0.3, 0.4) is 0 Å². The normalized spacial score (nSPS) is 15.9. The highest BCUT2D eigenvalue weighted by Gasteiger charge is 2.35. The fourth-order valence-electron chi connectivity index (χ4n) is 2.91. The maximum Gasteiger partial charge on any atom is 0.410 e. The van der Waals surface area contributed by atoms with Crippen molar-refractivity contribution in [3.63, 3.8) is 0 Å². The van der Waals surface area contributed by atoms with Crippen molar-refractivity contribution in [2.45, 2.75) is 45.4 Å². The highest BCUT2D eigenvalue weighted by Crippen LogP contribution is 2.24. The number of nitrogens with one attached hydrogen (secondary N) is 1. The van der Waals surface area contributed by atoms with E-state index in [1.165, 1.54) is 6.20 Å². The average Bonchev–Trinajstić information content (AvgIpc) is 2.66. The molecule has 0 saturated carbocycles. The molecule has 30 heavy (non-hydrogen) atoms. The third-order valence-electron chi connectivity index (χ3n) is 4.58. The van der Waals surface area contributed by atoms with Crippen molar-refractivity contribution in [2.24, 2.45) is 0 Å². The van der Waals surface area contributed by atoms with Crippen LogP contribution in [0.25, 0.3) is 0 Å². The van der Waals surface area contributed by atoms with Crippen LogP contribution in [0.15, 0.2) is 42.6 Å². The fraction of sp³-hybridized carbons (Fsp3) is 0.409. The van der Waals surface area contributed by atoms with Crippen LogP contribution in [-0.2, 0) is 11.3 Å². The molecule has 1 aliphatic rings. The number of carbonyl (C=O) groups is 2. The van der Waals surface area contributed by atoms with E-state index in [1.54, 1.807) is 35.2 Å². The quantitative estimate of drug-likeness (QED) is 0.698. The molecule has 0 bridgehead atoms. The summed E-state index contributed by atoms with van der Waals surface area (Å²) >= 11 is 6.17. The van der Waals surface area contributed by atoms with Gasteiger partial charge in [-0.15, -0.1) is 0 Å². The summed E-state index contributed by atoms with van der Waals surface area (Å²) in [5.41, 5.74) is 0.689. The van der Waals surface area contributed by atoms with Gasteiger partial charge in [0.2, 0.25) is 0 Å². The fourth-order valence-corrected chi connectivity index (χ4v) is 3.08. The molecular weight excluding hydrogens is 406 g/mol. The second-order valence-corrected chi connectivity index (χ2v) is 8.45. The molecule has 2 aromatic rings. The molecule has 1 atom stereocenters. The Morgan fingerprint density at radius 1 is 1.27 bits per heavy atom. The van der Waals surface area contributed by atoms with Crippen LogP contribution in [0.2, 0.25) is 5.15 Å². The molecule has 8 heteroatoms. The zero-order valence-electron chi connectivity index (χ0n) is 17.4. The maximum atomic E-state index is 12.2. The van der Waals surface area contributed by atoms with Gasteiger partial charge in [0.1, 0.15) is 23.1 Å². The third-order valence-corrected chi connectivity index (χ3v) is 4.92. The van der Waals surface area contributed by atoms with Gasteiger partial charge in [-0.05, 0) is 45.4 Å². The van der Waals surface area contributed by atoms with Gasteiger partial charge in [0.05, 0.1) is 12.2 Å². The van der Waals surface area contributed by atoms with Gasteiger partial charge in [0.25, 0.3) is 5.91 Å². The van der Waals surface area contributed by atoms with Crippen LogP contribution >= 0.6 is 11.6 Å². The second kappa shape index (κ2) is 9.34. The summed E-state index contributed by atoms with van der Waals surface area (Å²) < 4.78 is 11.2. The first-order valence-electron chi connectivity index (χ1n) is 9.83. The Bertz CT molecular complexity index is 899. The van der Waals surface area contributed by atoms with Gasteiger partial charge in [0, 0.05) is 24.2 Å². The lowest BCUT2D eigenvalue weighted by molar-refractivity contribution is -0.0141. The summed E-state index contributed by atoms with van der Waals surface area (Å²) in [5, 5.41) is 3.13. The number of aromatic nitrogens is 1. The van der Waals surface area contributed by atoms with Crippen LogP contribution < -0.4 is 10.1 Å². The molecule has 0 aliphatic carbocycles. The van der Waals surface area contributed by atoms with Crippen LogP contribution in [0.5, 0.6) is 5.75 Å². The van der Waals surface area contributed by atoms with E-state index in [0.29, 0.717) is 35.2 Å². The highest BCUT2D eigenvalue weighted by molar-refractivity contribution is 6.30. The van der Waals surface area contributed by atoms with Crippen LogP contribution in [-0.4, -0.2) is 46.7 Å². The molecule has 1 aromatic carbocycles. The van der Waals surface area contributed by atoms with E-state index in [2.05, 4.69) is 10.3 Å². The molecule has 160 valence electrons. The summed E-state index contributed by atoms with van der Waals surface area (Å²) in [7, 11) is 0. The lowest BCUT2D eigenvalue weighted by Gasteiger charge is -2.41. The number of carbonyl (C=O) groups excluding carboxylic acids is 2. The van der Waals surface area contributed by atoms with Crippen LogP contribution in [0.1, 0.15) is 43.1 Å². The predicted octanol–water partition coefficient (Wildman–Crippen LogP) is 4.05. The van der Waals surface area contributed by atoms with Gasteiger partial charge in [-0.25, -0.2) is 9.78 Å². The molecule has 1 aliphatic heterocycles. The van der Waals surface area contributed by atoms with E-state index >= 15 is 0 Å². The van der Waals surface area contributed by atoms with Crippen molar-refractivity contribution in [1.29, 1.82) is 0 Å². The Labute approximate surface area is 181 Å². The monoisotopic (exact) mass is 431 g/mol. The Morgan fingerprint density at radius 3 is 2.63 bits per heavy atom. The summed E-state index contributed by atoms with van der Waals surface area (Å²) in [6, 6.07) is 10.6. The molecular formula is C22H26ClN3O4. The smallest absolute Gasteiger partial charge is 0.410 e. The van der Waals surface area contributed by atoms with Crippen LogP contribution in [0, 0.1) is 0 Å². The first-order chi connectivity index (χ1) is 14.2. The minimum absolute atomic E-state index is 0.0447. The average molecular weight is 432 g/mol. The lowest BCUT2D eigenvalue weighted by atomic mass is 10.1. The summed E-state index contributed by atoms with van der Waals surface area (Å²) in [6.45, 7) is 6.73. The molecule has 2 heterocycles. The number of halogens is 1. The largest absolute Gasteiger partial charge is 0.490 e. The highest BCUT2D eigenvalue weighted by atomic mass is 35.5. The van der Waals surface area contributed by atoms with E-state index < -0.39 is 5.60 Å². The summed E-state index contributed by atoms with van der Waals surface area (Å²) in [4.78, 5) is 30.2. The minimum Gasteiger partial charge on any atom is -0.490 e. The third kappa shape index (κ3) is 5.86. The van der Waals surface area contributed by atoms with E-state index in [1.807, 2.05) is 26.8 Å². The number of nitrogens with zero attached hydrogens (tertiary/aromatic N) is 2. The lowest BCUT2D eigenvalue weighted by Crippen LogP contribution is -2.55. The Morgan fingerprint density at radius 2 is 2.00 bits per heavy atom. The number of pyridine rings is 1. The molecule has 1 saturated heterocycles. The maximum absolute atomic E-state index is 12.2. The summed E-state index contributed by atoms with van der Waals surface area (Å²) in [6.07, 6.45) is 2.04. The number of amides is 2. The summed E-state index contributed by atoms with van der Waals surface area (Å²) in [5.74, 6) is 0.333. The zero-order valence-corrected chi connectivity index (χ0v) is 18.1. The van der Waals surface area contributed by atoms with Crippen molar-refractivity contribution in [1.82, 2.24) is 15.2 Å². The van der Waals surface area contributed by atoms with Gasteiger partial charge in [-0.2, -0.15) is 0 Å². The van der Waals surface area contributed by atoms with Crippen LogP contribution in [0.4, 0.5) is 4.79 Å². The van der Waals surface area contributed by atoms with Gasteiger partial charge in [-0.1, -0.05) is 29.8 Å². The molecule has 0 radical (unpaired) electrons. The van der Waals surface area contributed by atoms with Crippen molar-refractivity contribution in [3.05, 3.63) is 58.9 Å². The van der Waals surface area contributed by atoms with Crippen molar-refractivity contribution < 1.29 is 19.1 Å². The van der Waals surface area contributed by atoms with Crippen molar-refractivity contribution in [2.75, 3.05) is 13.2 Å². The molecule has 1 aromatic heterocycles. The Hall–Kier alpha value is -2.80. The molecule has 1 N–H and O–H groups in total. The SMILES string of the molecule is CC(C)(C)OC(=O)N1CC[C@H]1COc1cnc(Cl)c(CNC(=O)c2ccccc2)c1. The van der Waals surface area contributed by atoms with E-state index in [4.69, 9.17) is 21.1 Å². The van der Waals surface area contributed by atoms with Crippen molar-refractivity contribution >= 4 is 23.6 Å². The topological polar surface area (TPSA) is 80.8 Å². The number of benzene rings is 1. The molecule has 1 fully saturated rings. The zero-order chi connectivity index (χ0) is 21.7. The molecule has 7 nitrogen and oxygen atoms in total. The standard InChI is InChI=1S/C22H26ClN3O4/c1-22(2,3)30-21(28)26-10-9-17(26)14-29-18-11-16(19(23)24-13-18)12-25-20(27)15-7-5-4-6-8-15/h4-8,11,13,17H,9-10,12,14H2,1-3H3,(H,25,27)/t17-/m0/s1. The molecule has 3 rings (SSSR count). The van der Waals surface area contributed by atoms with Gasteiger partial charge in [0.15, 0.2) is 0 Å². The van der Waals surface area contributed by atoms with E-state index in [0.717, 1.165) is 6.42 Å². The first kappa shape index (κ1) is 21.9. The van der Waals surface area contributed by atoms with Gasteiger partial charge < -0.3 is 19.7 Å². The second-order valence-electron chi connectivity index (χ2n) is 8.10. The first-order valence-corrected chi connectivity index (χ1v) is 10.2. The molecule has 2 amide bonds. The minimum atomic E-state index is -0.530. The molecule has 0 unspecified atom stereocenters.